The first-order valence-electron chi connectivity index (χ1n) is 6.05. The lowest BCUT2D eigenvalue weighted by Crippen LogP contribution is -2.53. The van der Waals surface area contributed by atoms with Gasteiger partial charge in [0.25, 0.3) is 10.0 Å². The highest BCUT2D eigenvalue weighted by molar-refractivity contribution is 7.91. The number of nitrogens with two attached hydrogens (primary N) is 1. The largest absolute Gasteiger partial charge is 0.327 e. The molecule has 1 aliphatic heterocycles. The van der Waals surface area contributed by atoms with E-state index in [4.69, 9.17) is 5.73 Å². The molecule has 1 fully saturated rings. The lowest BCUT2D eigenvalue weighted by Gasteiger charge is -2.41. The Labute approximate surface area is 125 Å². The maximum Gasteiger partial charge on any atom is 0.252 e. The van der Waals surface area contributed by atoms with E-state index in [0.717, 1.165) is 12.0 Å². The molecule has 0 saturated carbocycles. The van der Waals surface area contributed by atoms with Crippen LogP contribution in [0.25, 0.3) is 0 Å². The van der Waals surface area contributed by atoms with Crippen LogP contribution in [0.5, 0.6) is 0 Å². The van der Waals surface area contributed by atoms with Crippen LogP contribution in [0.4, 0.5) is 0 Å². The number of sulfonamides is 1. The van der Waals surface area contributed by atoms with Gasteiger partial charge in [0.2, 0.25) is 0 Å². The third kappa shape index (κ3) is 3.13. The third-order valence-corrected chi connectivity index (χ3v) is 7.18. The van der Waals surface area contributed by atoms with E-state index in [1.54, 1.807) is 4.31 Å². The van der Waals surface area contributed by atoms with Crippen molar-refractivity contribution in [2.24, 2.45) is 11.1 Å². The van der Waals surface area contributed by atoms with Crippen molar-refractivity contribution in [2.45, 2.75) is 37.4 Å². The van der Waals surface area contributed by atoms with Gasteiger partial charge in [0.15, 0.2) is 0 Å². The Morgan fingerprint density at radius 3 is 2.58 bits per heavy atom. The van der Waals surface area contributed by atoms with Gasteiger partial charge in [0.05, 0.1) is 0 Å². The van der Waals surface area contributed by atoms with Crippen molar-refractivity contribution in [1.82, 2.24) is 4.31 Å². The van der Waals surface area contributed by atoms with Gasteiger partial charge in [-0.15, -0.1) is 23.7 Å². The lowest BCUT2D eigenvalue weighted by molar-refractivity contribution is 0.155. The second-order valence-corrected chi connectivity index (χ2v) is 8.66. The Bertz CT molecular complexity index is 540. The van der Waals surface area contributed by atoms with Gasteiger partial charge in [-0.1, -0.05) is 13.8 Å². The molecule has 0 aliphatic carbocycles. The number of halogens is 1. The zero-order chi connectivity index (χ0) is 13.6. The summed E-state index contributed by atoms with van der Waals surface area (Å²) in [5, 5.41) is 1.82. The summed E-state index contributed by atoms with van der Waals surface area (Å²) in [7, 11) is -3.35. The fourth-order valence-electron chi connectivity index (χ4n) is 2.27. The normalized spacial score (nSPS) is 23.9. The topological polar surface area (TPSA) is 63.4 Å². The third-order valence-electron chi connectivity index (χ3n) is 3.67. The minimum Gasteiger partial charge on any atom is -0.327 e. The van der Waals surface area contributed by atoms with Crippen molar-refractivity contribution in [2.75, 3.05) is 13.1 Å². The van der Waals surface area contributed by atoms with Crippen LogP contribution < -0.4 is 5.73 Å². The highest BCUT2D eigenvalue weighted by Crippen LogP contribution is 2.33. The molecular weight excluding hydrogens is 304 g/mol. The number of aryl methyl sites for hydroxylation is 1. The molecule has 110 valence electrons. The first kappa shape index (κ1) is 16.9. The Balaban J connectivity index is 0.00000180. The SMILES string of the molecule is Cc1ccsc1S(=O)(=O)N1CCC(N)C(C)(C)C1.Cl. The molecule has 19 heavy (non-hydrogen) atoms. The van der Waals surface area contributed by atoms with Crippen LogP contribution in [0.1, 0.15) is 25.8 Å². The zero-order valence-corrected chi connectivity index (χ0v) is 13.9. The van der Waals surface area contributed by atoms with E-state index in [0.29, 0.717) is 17.3 Å². The van der Waals surface area contributed by atoms with Gasteiger partial charge in [-0.2, -0.15) is 4.31 Å². The van der Waals surface area contributed by atoms with Gasteiger partial charge in [0.1, 0.15) is 4.21 Å². The highest BCUT2D eigenvalue weighted by atomic mass is 35.5. The van der Waals surface area contributed by atoms with Crippen LogP contribution in [0.2, 0.25) is 0 Å². The average molecular weight is 325 g/mol. The van der Waals surface area contributed by atoms with E-state index >= 15 is 0 Å². The van der Waals surface area contributed by atoms with E-state index < -0.39 is 10.0 Å². The molecule has 0 spiro atoms. The number of hydrogen-bond donors (Lipinski definition) is 1. The van der Waals surface area contributed by atoms with E-state index in [9.17, 15) is 8.42 Å². The minimum atomic E-state index is -3.35. The Kier molecular flexibility index (Phi) is 5.07. The quantitative estimate of drug-likeness (QED) is 0.907. The molecule has 1 saturated heterocycles. The Hall–Kier alpha value is -0.140. The molecule has 4 nitrogen and oxygen atoms in total. The first-order chi connectivity index (χ1) is 8.25. The summed E-state index contributed by atoms with van der Waals surface area (Å²) in [6.45, 7) is 6.91. The molecule has 1 unspecified atom stereocenters. The van der Waals surface area contributed by atoms with E-state index in [1.807, 2.05) is 32.2 Å². The van der Waals surface area contributed by atoms with Crippen molar-refractivity contribution in [1.29, 1.82) is 0 Å². The summed E-state index contributed by atoms with van der Waals surface area (Å²) >= 11 is 1.29. The number of piperidine rings is 1. The number of nitrogens with zero attached hydrogens (tertiary/aromatic N) is 1. The Morgan fingerprint density at radius 2 is 2.11 bits per heavy atom. The van der Waals surface area contributed by atoms with Gasteiger partial charge in [-0.25, -0.2) is 8.42 Å². The van der Waals surface area contributed by atoms with Crippen molar-refractivity contribution in [3.63, 3.8) is 0 Å². The first-order valence-corrected chi connectivity index (χ1v) is 8.37. The van der Waals surface area contributed by atoms with E-state index in [-0.39, 0.29) is 23.9 Å². The monoisotopic (exact) mass is 324 g/mol. The smallest absolute Gasteiger partial charge is 0.252 e. The fraction of sp³-hybridized carbons (Fsp3) is 0.667. The standard InChI is InChI=1S/C12H20N2O2S2.ClH/c1-9-5-7-17-11(9)18(15,16)14-6-4-10(13)12(2,3)8-14;/h5,7,10H,4,6,8,13H2,1-3H3;1H. The maximum atomic E-state index is 12.6. The molecule has 1 aliphatic rings. The number of thiophene rings is 1. The van der Waals surface area contributed by atoms with Crippen molar-refractivity contribution in [3.8, 4) is 0 Å². The van der Waals surface area contributed by atoms with Crippen molar-refractivity contribution >= 4 is 33.8 Å². The van der Waals surface area contributed by atoms with Gasteiger partial charge >= 0.3 is 0 Å². The van der Waals surface area contributed by atoms with Crippen LogP contribution in [-0.4, -0.2) is 31.9 Å². The van der Waals surface area contributed by atoms with Crippen LogP contribution in [0.3, 0.4) is 0 Å². The predicted molar refractivity (Wildman–Crippen MR) is 81.4 cm³/mol. The molecule has 1 atom stereocenters. The number of rotatable bonds is 2. The molecule has 0 radical (unpaired) electrons. The molecule has 1 aromatic rings. The van der Waals surface area contributed by atoms with E-state index in [2.05, 4.69) is 0 Å². The number of hydrogen-bond acceptors (Lipinski definition) is 4. The summed E-state index contributed by atoms with van der Waals surface area (Å²) in [5.74, 6) is 0. The van der Waals surface area contributed by atoms with Crippen LogP contribution >= 0.6 is 23.7 Å². The van der Waals surface area contributed by atoms with Crippen LogP contribution in [-0.2, 0) is 10.0 Å². The molecule has 7 heteroatoms. The molecule has 2 N–H and O–H groups in total. The summed E-state index contributed by atoms with van der Waals surface area (Å²) in [6, 6.07) is 1.91. The lowest BCUT2D eigenvalue weighted by atomic mass is 9.81. The van der Waals surface area contributed by atoms with Gasteiger partial charge in [-0.05, 0) is 35.8 Å². The Morgan fingerprint density at radius 1 is 1.47 bits per heavy atom. The van der Waals surface area contributed by atoms with Gasteiger partial charge < -0.3 is 5.73 Å². The molecular formula is C12H21ClN2O2S2. The summed E-state index contributed by atoms with van der Waals surface area (Å²) in [4.78, 5) is 0. The maximum absolute atomic E-state index is 12.6. The average Bonchev–Trinajstić information content (AvgIpc) is 2.69. The van der Waals surface area contributed by atoms with E-state index in [1.165, 1.54) is 11.3 Å². The second-order valence-electron chi connectivity index (χ2n) is 5.61. The van der Waals surface area contributed by atoms with Gasteiger partial charge in [-0.3, -0.25) is 0 Å². The second kappa shape index (κ2) is 5.69. The van der Waals surface area contributed by atoms with Crippen molar-refractivity contribution < 1.29 is 8.42 Å². The molecule has 0 amide bonds. The minimum absolute atomic E-state index is 0. The summed E-state index contributed by atoms with van der Waals surface area (Å²) < 4.78 is 27.2. The van der Waals surface area contributed by atoms with Crippen LogP contribution in [0.15, 0.2) is 15.7 Å². The van der Waals surface area contributed by atoms with Crippen molar-refractivity contribution in [3.05, 3.63) is 17.0 Å². The predicted octanol–water partition coefficient (Wildman–Crippen LogP) is 2.23. The molecule has 0 bridgehead atoms. The zero-order valence-electron chi connectivity index (χ0n) is 11.4. The summed E-state index contributed by atoms with van der Waals surface area (Å²) in [5.41, 5.74) is 6.70. The molecule has 0 aromatic carbocycles. The molecule has 1 aromatic heterocycles. The van der Waals surface area contributed by atoms with Crippen LogP contribution in [0, 0.1) is 12.3 Å². The molecule has 2 heterocycles. The fourth-order valence-corrected chi connectivity index (χ4v) is 5.45. The van der Waals surface area contributed by atoms with Gasteiger partial charge in [0, 0.05) is 19.1 Å². The molecule has 2 rings (SSSR count). The summed E-state index contributed by atoms with van der Waals surface area (Å²) in [6.07, 6.45) is 0.719. The highest BCUT2D eigenvalue weighted by Gasteiger charge is 2.39.